The summed E-state index contributed by atoms with van der Waals surface area (Å²) in [7, 11) is -1.86. The number of benzene rings is 3. The smallest absolute Gasteiger partial charge is 0.260 e. The van der Waals surface area contributed by atoms with Crippen LogP contribution in [-0.4, -0.2) is 46.9 Å². The van der Waals surface area contributed by atoms with Crippen LogP contribution in [0.5, 0.6) is 11.5 Å². The molecule has 0 heterocycles. The van der Waals surface area contributed by atoms with Crippen LogP contribution >= 0.6 is 0 Å². The number of hydrogen-bond acceptors (Lipinski definition) is 5. The van der Waals surface area contributed by atoms with E-state index in [1.54, 1.807) is 31.2 Å². The minimum absolute atomic E-state index is 0.264. The summed E-state index contributed by atoms with van der Waals surface area (Å²) in [5.41, 5.74) is 0.512. The van der Waals surface area contributed by atoms with Gasteiger partial charge in [0.05, 0.1) is 18.5 Å². The third kappa shape index (κ3) is 6.11. The zero-order valence-electron chi connectivity index (χ0n) is 17.7. The molecule has 1 atom stereocenters. The minimum Gasteiger partial charge on any atom is -0.492 e. The van der Waals surface area contributed by atoms with E-state index in [2.05, 4.69) is 5.32 Å². The zero-order chi connectivity index (χ0) is 22.4. The lowest BCUT2D eigenvalue weighted by molar-refractivity contribution is -0.127. The first-order valence-electron chi connectivity index (χ1n) is 9.84. The highest BCUT2D eigenvalue weighted by molar-refractivity contribution is 7.92. The van der Waals surface area contributed by atoms with E-state index in [0.717, 1.165) is 22.8 Å². The van der Waals surface area contributed by atoms with E-state index in [1.165, 1.54) is 11.4 Å². The highest BCUT2D eigenvalue weighted by Gasteiger charge is 2.15. The standard InChI is InChI=1S/C23H26N2O5S/c1-17(30-21-12-9-20(10-13-21)25(2)31(3,27)28)23(26)24-14-15-29-22-11-8-18-6-4-5-7-19(18)16-22/h4-13,16-17H,14-15H2,1-3H3,(H,24,26)/t17-/m1/s1. The quantitative estimate of drug-likeness (QED) is 0.515. The molecule has 0 aliphatic heterocycles. The topological polar surface area (TPSA) is 84.9 Å². The Labute approximate surface area is 182 Å². The monoisotopic (exact) mass is 442 g/mol. The van der Waals surface area contributed by atoms with Gasteiger partial charge in [-0.3, -0.25) is 9.10 Å². The van der Waals surface area contributed by atoms with Gasteiger partial charge in [-0.25, -0.2) is 8.42 Å². The van der Waals surface area contributed by atoms with E-state index in [4.69, 9.17) is 9.47 Å². The second-order valence-electron chi connectivity index (χ2n) is 7.13. The Kier molecular flexibility index (Phi) is 7.02. The first-order chi connectivity index (χ1) is 14.7. The summed E-state index contributed by atoms with van der Waals surface area (Å²) >= 11 is 0. The van der Waals surface area contributed by atoms with Crippen molar-refractivity contribution in [2.24, 2.45) is 0 Å². The number of nitrogens with zero attached hydrogens (tertiary/aromatic N) is 1. The first kappa shape index (κ1) is 22.4. The van der Waals surface area contributed by atoms with Crippen molar-refractivity contribution in [3.05, 3.63) is 66.7 Å². The van der Waals surface area contributed by atoms with Crippen molar-refractivity contribution < 1.29 is 22.7 Å². The van der Waals surface area contributed by atoms with Crippen LogP contribution in [0.15, 0.2) is 66.7 Å². The van der Waals surface area contributed by atoms with Gasteiger partial charge in [-0.05, 0) is 54.1 Å². The molecule has 31 heavy (non-hydrogen) atoms. The largest absolute Gasteiger partial charge is 0.492 e. The van der Waals surface area contributed by atoms with Crippen LogP contribution in [0, 0.1) is 0 Å². The molecule has 0 radical (unpaired) electrons. The lowest BCUT2D eigenvalue weighted by Gasteiger charge is -2.18. The number of amides is 1. The maximum absolute atomic E-state index is 12.3. The Hall–Kier alpha value is -3.26. The van der Waals surface area contributed by atoms with Crippen LogP contribution < -0.4 is 19.1 Å². The van der Waals surface area contributed by atoms with E-state index < -0.39 is 16.1 Å². The summed E-state index contributed by atoms with van der Waals surface area (Å²) in [4.78, 5) is 12.3. The third-order valence-corrected chi connectivity index (χ3v) is 5.98. The van der Waals surface area contributed by atoms with Crippen LogP contribution in [0.1, 0.15) is 6.92 Å². The molecular weight excluding hydrogens is 416 g/mol. The number of ether oxygens (including phenoxy) is 2. The van der Waals surface area contributed by atoms with Gasteiger partial charge in [0.2, 0.25) is 10.0 Å². The summed E-state index contributed by atoms with van der Waals surface area (Å²) in [5, 5.41) is 5.02. The fraction of sp³-hybridized carbons (Fsp3) is 0.261. The highest BCUT2D eigenvalue weighted by Crippen LogP contribution is 2.21. The van der Waals surface area contributed by atoms with Crippen molar-refractivity contribution >= 4 is 32.4 Å². The molecule has 0 saturated carbocycles. The molecule has 164 valence electrons. The normalized spacial score (nSPS) is 12.2. The van der Waals surface area contributed by atoms with E-state index in [0.29, 0.717) is 24.6 Å². The van der Waals surface area contributed by atoms with Gasteiger partial charge in [-0.2, -0.15) is 0 Å². The SMILES string of the molecule is C[C@@H](Oc1ccc(N(C)S(C)(=O)=O)cc1)C(=O)NCCOc1ccc2ccccc2c1. The van der Waals surface area contributed by atoms with Crippen molar-refractivity contribution in [1.82, 2.24) is 5.32 Å². The van der Waals surface area contributed by atoms with Gasteiger partial charge >= 0.3 is 0 Å². The molecule has 3 aromatic rings. The van der Waals surface area contributed by atoms with Crippen molar-refractivity contribution in [2.45, 2.75) is 13.0 Å². The summed E-state index contributed by atoms with van der Waals surface area (Å²) < 4.78 is 35.7. The van der Waals surface area contributed by atoms with Crippen molar-refractivity contribution in [3.8, 4) is 11.5 Å². The van der Waals surface area contributed by atoms with Gasteiger partial charge in [0, 0.05) is 7.05 Å². The summed E-state index contributed by atoms with van der Waals surface area (Å²) in [6.07, 6.45) is 0.423. The minimum atomic E-state index is -3.33. The van der Waals surface area contributed by atoms with Gasteiger partial charge in [0.1, 0.15) is 18.1 Å². The number of sulfonamides is 1. The number of nitrogens with one attached hydrogen (secondary N) is 1. The maximum atomic E-state index is 12.3. The maximum Gasteiger partial charge on any atom is 0.260 e. The predicted octanol–water partition coefficient (Wildman–Crippen LogP) is 3.20. The molecule has 0 saturated heterocycles. The molecule has 0 aliphatic rings. The molecule has 3 aromatic carbocycles. The average Bonchev–Trinajstić information content (AvgIpc) is 2.75. The Morgan fingerprint density at radius 3 is 2.32 bits per heavy atom. The van der Waals surface area contributed by atoms with E-state index in [9.17, 15) is 13.2 Å². The molecule has 1 N–H and O–H groups in total. The Bertz CT molecular complexity index is 1150. The molecule has 3 rings (SSSR count). The first-order valence-corrected chi connectivity index (χ1v) is 11.7. The molecule has 0 spiro atoms. The molecule has 8 heteroatoms. The summed E-state index contributed by atoms with van der Waals surface area (Å²) in [6.45, 7) is 2.33. The molecule has 0 unspecified atom stereocenters. The molecule has 0 aromatic heterocycles. The summed E-state index contributed by atoms with van der Waals surface area (Å²) in [6, 6.07) is 20.4. The van der Waals surface area contributed by atoms with Crippen molar-refractivity contribution in [3.63, 3.8) is 0 Å². The van der Waals surface area contributed by atoms with Crippen LogP contribution in [0.2, 0.25) is 0 Å². The fourth-order valence-corrected chi connectivity index (χ4v) is 3.43. The molecule has 0 aliphatic carbocycles. The van der Waals surface area contributed by atoms with Gasteiger partial charge in [-0.15, -0.1) is 0 Å². The van der Waals surface area contributed by atoms with E-state index in [1.807, 2.05) is 42.5 Å². The van der Waals surface area contributed by atoms with Crippen molar-refractivity contribution in [2.75, 3.05) is 30.8 Å². The van der Waals surface area contributed by atoms with Gasteiger partial charge in [-0.1, -0.05) is 30.3 Å². The Balaban J connectivity index is 1.44. The molecule has 7 nitrogen and oxygen atoms in total. The lowest BCUT2D eigenvalue weighted by atomic mass is 10.1. The number of fused-ring (bicyclic) bond motifs is 1. The number of hydrogen-bond donors (Lipinski definition) is 1. The molecule has 1 amide bonds. The fourth-order valence-electron chi connectivity index (χ4n) is 2.93. The zero-order valence-corrected chi connectivity index (χ0v) is 18.6. The van der Waals surface area contributed by atoms with E-state index in [-0.39, 0.29) is 5.91 Å². The van der Waals surface area contributed by atoms with Gasteiger partial charge in [0.15, 0.2) is 6.10 Å². The molecule has 0 fully saturated rings. The highest BCUT2D eigenvalue weighted by atomic mass is 32.2. The van der Waals surface area contributed by atoms with Crippen LogP contribution in [0.3, 0.4) is 0 Å². The molecular formula is C23H26N2O5S. The van der Waals surface area contributed by atoms with Crippen LogP contribution in [0.4, 0.5) is 5.69 Å². The number of carbonyl (C=O) groups excluding carboxylic acids is 1. The average molecular weight is 443 g/mol. The summed E-state index contributed by atoms with van der Waals surface area (Å²) in [5.74, 6) is 0.955. The molecule has 0 bridgehead atoms. The van der Waals surface area contributed by atoms with Gasteiger partial charge in [0.25, 0.3) is 5.91 Å². The number of rotatable bonds is 9. The van der Waals surface area contributed by atoms with E-state index >= 15 is 0 Å². The third-order valence-electron chi connectivity index (χ3n) is 4.77. The van der Waals surface area contributed by atoms with Crippen molar-refractivity contribution in [1.29, 1.82) is 0 Å². The lowest BCUT2D eigenvalue weighted by Crippen LogP contribution is -2.38. The number of carbonyl (C=O) groups is 1. The second kappa shape index (κ2) is 9.70. The Morgan fingerprint density at radius 2 is 1.65 bits per heavy atom. The van der Waals surface area contributed by atoms with Crippen LogP contribution in [0.25, 0.3) is 10.8 Å². The second-order valence-corrected chi connectivity index (χ2v) is 9.15. The number of anilines is 1. The van der Waals surface area contributed by atoms with Crippen LogP contribution in [-0.2, 0) is 14.8 Å². The van der Waals surface area contributed by atoms with Gasteiger partial charge < -0.3 is 14.8 Å². The predicted molar refractivity (Wildman–Crippen MR) is 122 cm³/mol. The Morgan fingerprint density at radius 1 is 1.00 bits per heavy atom.